The van der Waals surface area contributed by atoms with Crippen LogP contribution >= 0.6 is 0 Å². The fourth-order valence-corrected chi connectivity index (χ4v) is 2.57. The van der Waals surface area contributed by atoms with Crippen LogP contribution in [0.4, 0.5) is 4.39 Å². The van der Waals surface area contributed by atoms with E-state index < -0.39 is 0 Å². The van der Waals surface area contributed by atoms with Gasteiger partial charge in [0.25, 0.3) is 5.91 Å². The van der Waals surface area contributed by atoms with Crippen LogP contribution in [0.2, 0.25) is 0 Å². The van der Waals surface area contributed by atoms with Crippen molar-refractivity contribution in [2.75, 3.05) is 26.3 Å². The molecule has 25 heavy (non-hydrogen) atoms. The number of amides is 1. The van der Waals surface area contributed by atoms with Gasteiger partial charge in [-0.15, -0.1) is 0 Å². The number of rotatable bonds is 4. The molecule has 1 fully saturated rings. The largest absolute Gasteiger partial charge is 0.378 e. The SMILES string of the molecule is O=C(/C=C/c1ccc(C(=O)N2CCOCC2)cc1)c1ccc(F)cc1. The molecule has 1 amide bonds. The van der Waals surface area contributed by atoms with Gasteiger partial charge in [-0.25, -0.2) is 4.39 Å². The van der Waals surface area contributed by atoms with Crippen molar-refractivity contribution in [2.45, 2.75) is 0 Å². The summed E-state index contributed by atoms with van der Waals surface area (Å²) < 4.78 is 18.1. The van der Waals surface area contributed by atoms with Crippen LogP contribution in [0, 0.1) is 5.82 Å². The number of benzene rings is 2. The average Bonchev–Trinajstić information content (AvgIpc) is 2.67. The number of nitrogens with zero attached hydrogens (tertiary/aromatic N) is 1. The fourth-order valence-electron chi connectivity index (χ4n) is 2.57. The molecule has 1 aliphatic rings. The van der Waals surface area contributed by atoms with Gasteiger partial charge in [0.05, 0.1) is 13.2 Å². The molecule has 0 radical (unpaired) electrons. The molecule has 0 atom stereocenters. The van der Waals surface area contributed by atoms with Gasteiger partial charge in [-0.1, -0.05) is 18.2 Å². The van der Waals surface area contributed by atoms with Crippen LogP contribution in [0.1, 0.15) is 26.3 Å². The average molecular weight is 339 g/mol. The van der Waals surface area contributed by atoms with Crippen LogP contribution in [0.15, 0.2) is 54.6 Å². The standard InChI is InChI=1S/C20H18FNO3/c21-18-8-6-16(7-9-18)19(23)10-3-15-1-4-17(5-2-15)20(24)22-11-13-25-14-12-22/h1-10H,11-14H2/b10-3+. The van der Waals surface area contributed by atoms with Crippen molar-refractivity contribution in [3.05, 3.63) is 77.1 Å². The highest BCUT2D eigenvalue weighted by Crippen LogP contribution is 2.12. The summed E-state index contributed by atoms with van der Waals surface area (Å²) >= 11 is 0. The third kappa shape index (κ3) is 4.39. The second kappa shape index (κ2) is 7.85. The summed E-state index contributed by atoms with van der Waals surface area (Å²) in [6, 6.07) is 12.5. The van der Waals surface area contributed by atoms with Crippen LogP contribution < -0.4 is 0 Å². The topological polar surface area (TPSA) is 46.6 Å². The molecule has 1 heterocycles. The van der Waals surface area contributed by atoms with E-state index in [9.17, 15) is 14.0 Å². The van der Waals surface area contributed by atoms with Crippen LogP contribution in [0.5, 0.6) is 0 Å². The predicted molar refractivity (Wildman–Crippen MR) is 92.9 cm³/mol. The van der Waals surface area contributed by atoms with E-state index in [0.29, 0.717) is 37.4 Å². The highest BCUT2D eigenvalue weighted by atomic mass is 19.1. The van der Waals surface area contributed by atoms with E-state index in [1.165, 1.54) is 30.3 Å². The molecule has 2 aromatic rings. The summed E-state index contributed by atoms with van der Waals surface area (Å²) in [5.74, 6) is -0.587. The van der Waals surface area contributed by atoms with E-state index in [1.54, 1.807) is 35.2 Å². The van der Waals surface area contributed by atoms with E-state index in [1.807, 2.05) is 0 Å². The molecule has 1 saturated heterocycles. The number of allylic oxidation sites excluding steroid dienone is 1. The highest BCUT2D eigenvalue weighted by molar-refractivity contribution is 6.06. The maximum absolute atomic E-state index is 12.9. The number of halogens is 1. The van der Waals surface area contributed by atoms with E-state index in [4.69, 9.17) is 4.74 Å². The van der Waals surface area contributed by atoms with E-state index >= 15 is 0 Å². The van der Waals surface area contributed by atoms with Crippen molar-refractivity contribution in [1.29, 1.82) is 0 Å². The zero-order valence-corrected chi connectivity index (χ0v) is 13.7. The van der Waals surface area contributed by atoms with Gasteiger partial charge < -0.3 is 9.64 Å². The lowest BCUT2D eigenvalue weighted by molar-refractivity contribution is 0.0303. The van der Waals surface area contributed by atoms with Crippen molar-refractivity contribution in [3.8, 4) is 0 Å². The minimum Gasteiger partial charge on any atom is -0.378 e. The van der Waals surface area contributed by atoms with Gasteiger partial charge in [-0.2, -0.15) is 0 Å². The second-order valence-electron chi connectivity index (χ2n) is 5.73. The number of ether oxygens (including phenoxy) is 1. The quantitative estimate of drug-likeness (QED) is 0.635. The minimum absolute atomic E-state index is 0.0128. The zero-order valence-electron chi connectivity index (χ0n) is 13.7. The van der Waals surface area contributed by atoms with Gasteiger partial charge in [0.15, 0.2) is 5.78 Å². The molecule has 0 aromatic heterocycles. The lowest BCUT2D eigenvalue weighted by atomic mass is 10.1. The normalized spacial score (nSPS) is 14.7. The van der Waals surface area contributed by atoms with E-state index in [2.05, 4.69) is 0 Å². The molecule has 1 aliphatic heterocycles. The molecule has 2 aromatic carbocycles. The molecule has 128 valence electrons. The lowest BCUT2D eigenvalue weighted by Crippen LogP contribution is -2.40. The Labute approximate surface area is 145 Å². The number of carbonyl (C=O) groups is 2. The van der Waals surface area contributed by atoms with Gasteiger partial charge in [0.2, 0.25) is 0 Å². The molecule has 0 unspecified atom stereocenters. The molecule has 3 rings (SSSR count). The van der Waals surface area contributed by atoms with Gasteiger partial charge in [-0.3, -0.25) is 9.59 Å². The summed E-state index contributed by atoms with van der Waals surface area (Å²) in [4.78, 5) is 26.2. The van der Waals surface area contributed by atoms with Crippen LogP contribution in [-0.4, -0.2) is 42.9 Å². The molecular formula is C20H18FNO3. The van der Waals surface area contributed by atoms with Crippen molar-refractivity contribution in [1.82, 2.24) is 4.90 Å². The van der Waals surface area contributed by atoms with Crippen molar-refractivity contribution < 1.29 is 18.7 Å². The molecule has 0 aliphatic carbocycles. The zero-order chi connectivity index (χ0) is 17.6. The van der Waals surface area contributed by atoms with Gasteiger partial charge in [0, 0.05) is 24.2 Å². The van der Waals surface area contributed by atoms with Gasteiger partial charge in [-0.05, 0) is 48.0 Å². The van der Waals surface area contributed by atoms with E-state index in [-0.39, 0.29) is 17.5 Å². The third-order valence-corrected chi connectivity index (χ3v) is 4.01. The number of morpholine rings is 1. The molecule has 5 heteroatoms. The Hall–Kier alpha value is -2.79. The monoisotopic (exact) mass is 339 g/mol. The number of hydrogen-bond acceptors (Lipinski definition) is 3. The smallest absolute Gasteiger partial charge is 0.254 e. The first kappa shape index (κ1) is 17.0. The second-order valence-corrected chi connectivity index (χ2v) is 5.73. The Bertz CT molecular complexity index is 776. The number of ketones is 1. The highest BCUT2D eigenvalue weighted by Gasteiger charge is 2.18. The minimum atomic E-state index is -0.374. The Balaban J connectivity index is 1.64. The van der Waals surface area contributed by atoms with Crippen molar-refractivity contribution in [3.63, 3.8) is 0 Å². The lowest BCUT2D eigenvalue weighted by Gasteiger charge is -2.26. The Morgan fingerprint density at radius 1 is 0.920 bits per heavy atom. The van der Waals surface area contributed by atoms with E-state index in [0.717, 1.165) is 5.56 Å². The summed E-state index contributed by atoms with van der Waals surface area (Å²) in [6.07, 6.45) is 3.11. The molecule has 4 nitrogen and oxygen atoms in total. The summed E-state index contributed by atoms with van der Waals surface area (Å²) in [6.45, 7) is 2.34. The maximum Gasteiger partial charge on any atom is 0.254 e. The Morgan fingerprint density at radius 2 is 1.52 bits per heavy atom. The summed E-state index contributed by atoms with van der Waals surface area (Å²) in [5, 5.41) is 0. The van der Waals surface area contributed by atoms with Gasteiger partial charge in [0.1, 0.15) is 5.82 Å². The number of carbonyl (C=O) groups excluding carboxylic acids is 2. The van der Waals surface area contributed by atoms with Crippen LogP contribution in [-0.2, 0) is 4.74 Å². The van der Waals surface area contributed by atoms with Gasteiger partial charge >= 0.3 is 0 Å². The molecule has 0 bridgehead atoms. The Morgan fingerprint density at radius 3 is 2.16 bits per heavy atom. The predicted octanol–water partition coefficient (Wildman–Crippen LogP) is 3.19. The third-order valence-electron chi connectivity index (χ3n) is 4.01. The molecular weight excluding hydrogens is 321 g/mol. The maximum atomic E-state index is 12.9. The fraction of sp³-hybridized carbons (Fsp3) is 0.200. The molecule has 0 spiro atoms. The number of hydrogen-bond donors (Lipinski definition) is 0. The van der Waals surface area contributed by atoms with Crippen molar-refractivity contribution >= 4 is 17.8 Å². The van der Waals surface area contributed by atoms with Crippen molar-refractivity contribution in [2.24, 2.45) is 0 Å². The van der Waals surface area contributed by atoms with Crippen LogP contribution in [0.25, 0.3) is 6.08 Å². The summed E-state index contributed by atoms with van der Waals surface area (Å²) in [7, 11) is 0. The molecule has 0 saturated carbocycles. The first-order chi connectivity index (χ1) is 12.1. The summed E-state index contributed by atoms with van der Waals surface area (Å²) in [5.41, 5.74) is 1.86. The Kier molecular flexibility index (Phi) is 5.36. The first-order valence-corrected chi connectivity index (χ1v) is 8.08. The molecule has 0 N–H and O–H groups in total. The first-order valence-electron chi connectivity index (χ1n) is 8.08. The van der Waals surface area contributed by atoms with Crippen LogP contribution in [0.3, 0.4) is 0 Å².